The Bertz CT molecular complexity index is 465. The van der Waals surface area contributed by atoms with Crippen LogP contribution in [0.1, 0.15) is 13.8 Å². The van der Waals surface area contributed by atoms with Gasteiger partial charge >= 0.3 is 0 Å². The molecule has 0 bridgehead atoms. The van der Waals surface area contributed by atoms with Crippen LogP contribution in [0.25, 0.3) is 0 Å². The van der Waals surface area contributed by atoms with E-state index in [9.17, 15) is 35.4 Å². The molecule has 0 saturated carbocycles. The summed E-state index contributed by atoms with van der Waals surface area (Å²) < 4.78 is 15.6. The SMILES string of the molecule is CC(=O)N[C@@H]1[C@@H](O)[C@H](O)[C@@H](CO[C@@H]2O[C@@H](C)[C@@H](O)[C@@H](O)[C@@H]2O)O[C@H]1O. The Morgan fingerprint density at radius 2 is 1.60 bits per heavy atom. The second-order valence-electron chi connectivity index (χ2n) is 6.29. The molecule has 10 atom stereocenters. The first-order chi connectivity index (χ1) is 11.6. The van der Waals surface area contributed by atoms with Gasteiger partial charge in [0.25, 0.3) is 0 Å². The molecule has 146 valence electrons. The molecule has 0 aliphatic carbocycles. The Morgan fingerprint density at radius 3 is 2.20 bits per heavy atom. The maximum atomic E-state index is 11.1. The molecule has 0 spiro atoms. The van der Waals surface area contributed by atoms with Gasteiger partial charge in [-0.25, -0.2) is 0 Å². The van der Waals surface area contributed by atoms with Gasteiger partial charge in [-0.05, 0) is 6.92 Å². The second-order valence-corrected chi connectivity index (χ2v) is 6.29. The molecule has 2 aliphatic rings. The van der Waals surface area contributed by atoms with Gasteiger partial charge in [-0.1, -0.05) is 0 Å². The molecule has 2 rings (SSSR count). The Morgan fingerprint density at radius 1 is 0.960 bits per heavy atom. The van der Waals surface area contributed by atoms with Crippen LogP contribution < -0.4 is 5.32 Å². The summed E-state index contributed by atoms with van der Waals surface area (Å²) in [7, 11) is 0. The van der Waals surface area contributed by atoms with E-state index < -0.39 is 67.3 Å². The lowest BCUT2D eigenvalue weighted by molar-refractivity contribution is -0.313. The van der Waals surface area contributed by atoms with Crippen LogP contribution in [0, 0.1) is 0 Å². The minimum absolute atomic E-state index is 0.390. The molecular weight excluding hydrogens is 342 g/mol. The average Bonchev–Trinajstić information content (AvgIpc) is 2.55. The van der Waals surface area contributed by atoms with Gasteiger partial charge in [0.1, 0.15) is 42.7 Å². The zero-order valence-electron chi connectivity index (χ0n) is 13.8. The zero-order chi connectivity index (χ0) is 18.9. The number of ether oxygens (including phenoxy) is 3. The van der Waals surface area contributed by atoms with Crippen LogP contribution in [0.3, 0.4) is 0 Å². The van der Waals surface area contributed by atoms with Crippen molar-refractivity contribution >= 4 is 5.91 Å². The molecule has 11 nitrogen and oxygen atoms in total. The molecule has 2 heterocycles. The van der Waals surface area contributed by atoms with Gasteiger partial charge in [0.15, 0.2) is 12.6 Å². The summed E-state index contributed by atoms with van der Waals surface area (Å²) in [6.45, 7) is 2.27. The molecule has 1 amide bonds. The topological polar surface area (TPSA) is 178 Å². The van der Waals surface area contributed by atoms with Gasteiger partial charge in [0.2, 0.25) is 5.91 Å². The number of aliphatic hydroxyl groups excluding tert-OH is 6. The summed E-state index contributed by atoms with van der Waals surface area (Å²) in [6, 6.07) is -1.21. The van der Waals surface area contributed by atoms with Crippen molar-refractivity contribution in [3.63, 3.8) is 0 Å². The number of amides is 1. The maximum Gasteiger partial charge on any atom is 0.217 e. The van der Waals surface area contributed by atoms with Crippen molar-refractivity contribution in [2.24, 2.45) is 0 Å². The zero-order valence-corrected chi connectivity index (χ0v) is 13.8. The normalized spacial score (nSPS) is 48.2. The van der Waals surface area contributed by atoms with E-state index in [0.717, 1.165) is 0 Å². The fraction of sp³-hybridized carbons (Fsp3) is 0.929. The van der Waals surface area contributed by atoms with E-state index in [4.69, 9.17) is 14.2 Å². The molecular formula is C14H25NO10. The highest BCUT2D eigenvalue weighted by Crippen LogP contribution is 2.24. The van der Waals surface area contributed by atoms with Crippen molar-refractivity contribution in [3.8, 4) is 0 Å². The van der Waals surface area contributed by atoms with E-state index in [-0.39, 0.29) is 6.61 Å². The minimum atomic E-state index is -1.58. The molecule has 2 saturated heterocycles. The van der Waals surface area contributed by atoms with Crippen LogP contribution in [-0.4, -0.2) is 105 Å². The lowest BCUT2D eigenvalue weighted by atomic mass is 9.97. The van der Waals surface area contributed by atoms with Crippen LogP contribution in [0.15, 0.2) is 0 Å². The number of nitrogens with one attached hydrogen (secondary N) is 1. The lowest BCUT2D eigenvalue weighted by Gasteiger charge is -2.42. The number of carbonyl (C=O) groups excluding carboxylic acids is 1. The van der Waals surface area contributed by atoms with E-state index in [1.807, 2.05) is 0 Å². The van der Waals surface area contributed by atoms with Crippen molar-refractivity contribution < 1.29 is 49.6 Å². The van der Waals surface area contributed by atoms with Gasteiger partial charge < -0.3 is 50.2 Å². The number of aliphatic hydroxyl groups is 6. The monoisotopic (exact) mass is 367 g/mol. The molecule has 7 N–H and O–H groups in total. The molecule has 0 aromatic rings. The third-order valence-electron chi connectivity index (χ3n) is 4.32. The van der Waals surface area contributed by atoms with Crippen LogP contribution in [0.2, 0.25) is 0 Å². The Balaban J connectivity index is 1.94. The quantitative estimate of drug-likeness (QED) is 0.257. The molecule has 11 heteroatoms. The van der Waals surface area contributed by atoms with Crippen LogP contribution in [-0.2, 0) is 19.0 Å². The van der Waals surface area contributed by atoms with Gasteiger partial charge in [0.05, 0.1) is 12.7 Å². The molecule has 0 unspecified atom stereocenters. The van der Waals surface area contributed by atoms with Crippen molar-refractivity contribution in [2.45, 2.75) is 75.2 Å². The first-order valence-electron chi connectivity index (χ1n) is 7.91. The largest absolute Gasteiger partial charge is 0.388 e. The summed E-state index contributed by atoms with van der Waals surface area (Å²) in [6.07, 6.45) is -12.2. The van der Waals surface area contributed by atoms with Crippen LogP contribution in [0.5, 0.6) is 0 Å². The van der Waals surface area contributed by atoms with Crippen molar-refractivity contribution in [3.05, 3.63) is 0 Å². The predicted octanol–water partition coefficient (Wildman–Crippen LogP) is -4.23. The first kappa shape index (κ1) is 20.4. The average molecular weight is 367 g/mol. The van der Waals surface area contributed by atoms with Crippen molar-refractivity contribution in [2.75, 3.05) is 6.61 Å². The number of hydrogen-bond acceptors (Lipinski definition) is 10. The summed E-state index contributed by atoms with van der Waals surface area (Å²) in [5.74, 6) is -0.520. The maximum absolute atomic E-state index is 11.1. The van der Waals surface area contributed by atoms with Gasteiger partial charge in [-0.2, -0.15) is 0 Å². The van der Waals surface area contributed by atoms with E-state index in [1.165, 1.54) is 13.8 Å². The summed E-state index contributed by atoms with van der Waals surface area (Å²) in [4.78, 5) is 11.1. The van der Waals surface area contributed by atoms with E-state index in [2.05, 4.69) is 5.32 Å². The van der Waals surface area contributed by atoms with Crippen molar-refractivity contribution in [1.29, 1.82) is 0 Å². The predicted molar refractivity (Wildman–Crippen MR) is 78.8 cm³/mol. The van der Waals surface area contributed by atoms with E-state index in [0.29, 0.717) is 0 Å². The molecule has 0 aromatic carbocycles. The Hall–Kier alpha value is -0.890. The minimum Gasteiger partial charge on any atom is -0.388 e. The molecule has 25 heavy (non-hydrogen) atoms. The fourth-order valence-corrected chi connectivity index (χ4v) is 2.82. The smallest absolute Gasteiger partial charge is 0.217 e. The summed E-state index contributed by atoms with van der Waals surface area (Å²) in [5, 5.41) is 61.4. The number of rotatable bonds is 4. The third kappa shape index (κ3) is 4.45. The van der Waals surface area contributed by atoms with Gasteiger partial charge in [0, 0.05) is 6.92 Å². The standard InChI is InChI=1S/C14H25NO10/c1-4-8(17)11(20)12(21)14(24-4)23-3-6-9(18)10(19)7(13(22)25-6)15-5(2)16/h4,6-14,17-22H,3H2,1-2H3,(H,15,16)/t4-,6+,7+,8+,9+,10+,11+,12-,13+,14+/m0/s1. The molecule has 0 aromatic heterocycles. The van der Waals surface area contributed by atoms with E-state index in [1.54, 1.807) is 0 Å². The van der Waals surface area contributed by atoms with Gasteiger partial charge in [-0.3, -0.25) is 4.79 Å². The van der Waals surface area contributed by atoms with Gasteiger partial charge in [-0.15, -0.1) is 0 Å². The molecule has 0 radical (unpaired) electrons. The Kier molecular flexibility index (Phi) is 6.70. The highest BCUT2D eigenvalue weighted by atomic mass is 16.7. The highest BCUT2D eigenvalue weighted by molar-refractivity contribution is 5.73. The highest BCUT2D eigenvalue weighted by Gasteiger charge is 2.46. The van der Waals surface area contributed by atoms with Crippen LogP contribution in [0.4, 0.5) is 0 Å². The number of carbonyl (C=O) groups is 1. The molecule has 2 fully saturated rings. The van der Waals surface area contributed by atoms with Crippen LogP contribution >= 0.6 is 0 Å². The summed E-state index contributed by atoms with van der Waals surface area (Å²) in [5.41, 5.74) is 0. The first-order valence-corrected chi connectivity index (χ1v) is 7.91. The second kappa shape index (κ2) is 8.20. The lowest BCUT2D eigenvalue weighted by Crippen LogP contribution is -2.64. The van der Waals surface area contributed by atoms with Crippen molar-refractivity contribution in [1.82, 2.24) is 5.32 Å². The fourth-order valence-electron chi connectivity index (χ4n) is 2.82. The summed E-state index contributed by atoms with van der Waals surface area (Å²) >= 11 is 0. The number of hydrogen-bond donors (Lipinski definition) is 7. The third-order valence-corrected chi connectivity index (χ3v) is 4.32. The Labute approximate surface area is 143 Å². The van der Waals surface area contributed by atoms with E-state index >= 15 is 0 Å². The molecule has 2 aliphatic heterocycles.